The van der Waals surface area contributed by atoms with Gasteiger partial charge in [0.05, 0.1) is 11.5 Å². The number of aliphatic carboxylic acids is 1. The Kier molecular flexibility index (Phi) is 5.35. The first-order valence-corrected chi connectivity index (χ1v) is 7.06. The molecule has 0 aromatic carbocycles. The molecule has 0 aliphatic heterocycles. The first-order chi connectivity index (χ1) is 8.86. The van der Waals surface area contributed by atoms with E-state index in [-0.39, 0.29) is 18.6 Å². The van der Waals surface area contributed by atoms with Crippen molar-refractivity contribution in [3.63, 3.8) is 0 Å². The van der Waals surface area contributed by atoms with Gasteiger partial charge in [0.15, 0.2) is 0 Å². The lowest BCUT2D eigenvalue weighted by molar-refractivity contribution is -0.146. The zero-order valence-electron chi connectivity index (χ0n) is 11.4. The quantitative estimate of drug-likeness (QED) is 0.751. The van der Waals surface area contributed by atoms with E-state index in [4.69, 9.17) is 5.11 Å². The standard InChI is InChI=1S/C13H20N2O3S/c1-4-9(10-6-5-7-19-10)15-12(18)14-8-13(2,3)11(16)17/h5-7,9H,4,8H2,1-3H3,(H,16,17)(H2,14,15,18). The van der Waals surface area contributed by atoms with Crippen LogP contribution in [0, 0.1) is 5.41 Å². The molecule has 1 aromatic heterocycles. The number of amides is 2. The fraction of sp³-hybridized carbons (Fsp3) is 0.538. The van der Waals surface area contributed by atoms with E-state index in [0.29, 0.717) is 0 Å². The van der Waals surface area contributed by atoms with Crippen molar-refractivity contribution in [1.82, 2.24) is 10.6 Å². The van der Waals surface area contributed by atoms with E-state index >= 15 is 0 Å². The Morgan fingerprint density at radius 3 is 2.63 bits per heavy atom. The van der Waals surface area contributed by atoms with Crippen LogP contribution in [0.5, 0.6) is 0 Å². The molecule has 5 nitrogen and oxygen atoms in total. The van der Waals surface area contributed by atoms with Crippen LogP contribution in [-0.2, 0) is 4.79 Å². The molecule has 0 aliphatic rings. The van der Waals surface area contributed by atoms with E-state index in [2.05, 4.69) is 10.6 Å². The Morgan fingerprint density at radius 2 is 2.16 bits per heavy atom. The summed E-state index contributed by atoms with van der Waals surface area (Å²) in [5.74, 6) is -0.932. The lowest BCUT2D eigenvalue weighted by atomic mass is 9.94. The predicted octanol–water partition coefficient (Wildman–Crippen LogP) is 2.61. The van der Waals surface area contributed by atoms with Crippen LogP contribution < -0.4 is 10.6 Å². The molecule has 2 amide bonds. The SMILES string of the molecule is CCC(NC(=O)NCC(C)(C)C(=O)O)c1cccs1. The second-order valence-electron chi connectivity index (χ2n) is 4.99. The maximum absolute atomic E-state index is 11.8. The summed E-state index contributed by atoms with van der Waals surface area (Å²) in [5.41, 5.74) is -0.970. The van der Waals surface area contributed by atoms with Crippen molar-refractivity contribution in [3.8, 4) is 0 Å². The molecule has 6 heteroatoms. The van der Waals surface area contributed by atoms with Crippen molar-refractivity contribution in [2.75, 3.05) is 6.54 Å². The highest BCUT2D eigenvalue weighted by molar-refractivity contribution is 7.10. The summed E-state index contributed by atoms with van der Waals surface area (Å²) in [5, 5.41) is 16.4. The molecule has 3 N–H and O–H groups in total. The van der Waals surface area contributed by atoms with E-state index in [0.717, 1.165) is 11.3 Å². The molecule has 1 unspecified atom stereocenters. The Bertz CT molecular complexity index is 429. The predicted molar refractivity (Wildman–Crippen MR) is 75.3 cm³/mol. The van der Waals surface area contributed by atoms with Crippen molar-refractivity contribution in [2.24, 2.45) is 5.41 Å². The zero-order valence-corrected chi connectivity index (χ0v) is 12.2. The summed E-state index contributed by atoms with van der Waals surface area (Å²) >= 11 is 1.59. The minimum atomic E-state index is -0.970. The maximum Gasteiger partial charge on any atom is 0.315 e. The summed E-state index contributed by atoms with van der Waals surface area (Å²) in [6.45, 7) is 5.24. The van der Waals surface area contributed by atoms with Gasteiger partial charge < -0.3 is 15.7 Å². The van der Waals surface area contributed by atoms with Crippen LogP contribution in [0.3, 0.4) is 0 Å². The van der Waals surface area contributed by atoms with Gasteiger partial charge >= 0.3 is 12.0 Å². The highest BCUT2D eigenvalue weighted by atomic mass is 32.1. The first-order valence-electron chi connectivity index (χ1n) is 6.18. The number of urea groups is 1. The van der Waals surface area contributed by atoms with Crippen molar-refractivity contribution >= 4 is 23.3 Å². The molecule has 0 saturated heterocycles. The molecule has 1 heterocycles. The number of nitrogens with one attached hydrogen (secondary N) is 2. The van der Waals surface area contributed by atoms with Crippen LogP contribution in [0.25, 0.3) is 0 Å². The molecule has 0 saturated carbocycles. The third-order valence-corrected chi connectivity index (χ3v) is 3.86. The molecule has 0 aliphatic carbocycles. The third-order valence-electron chi connectivity index (χ3n) is 2.87. The summed E-state index contributed by atoms with van der Waals surface area (Å²) in [4.78, 5) is 23.8. The average molecular weight is 284 g/mol. The molecule has 1 rings (SSSR count). The van der Waals surface area contributed by atoms with Gasteiger partial charge in [-0.2, -0.15) is 0 Å². The molecule has 19 heavy (non-hydrogen) atoms. The number of carboxylic acid groups (broad SMARTS) is 1. The van der Waals surface area contributed by atoms with E-state index < -0.39 is 11.4 Å². The minimum Gasteiger partial charge on any atom is -0.481 e. The van der Waals surface area contributed by atoms with Crippen LogP contribution >= 0.6 is 11.3 Å². The topological polar surface area (TPSA) is 78.4 Å². The fourth-order valence-corrected chi connectivity index (χ4v) is 2.31. The Hall–Kier alpha value is -1.56. The Balaban J connectivity index is 2.49. The number of rotatable bonds is 6. The second-order valence-corrected chi connectivity index (χ2v) is 5.97. The molecule has 1 atom stereocenters. The normalized spacial score (nSPS) is 12.8. The van der Waals surface area contributed by atoms with Gasteiger partial charge in [-0.25, -0.2) is 4.79 Å². The lowest BCUT2D eigenvalue weighted by Crippen LogP contribution is -2.44. The van der Waals surface area contributed by atoms with Gasteiger partial charge in [0.2, 0.25) is 0 Å². The van der Waals surface area contributed by atoms with Crippen LogP contribution in [-0.4, -0.2) is 23.7 Å². The van der Waals surface area contributed by atoms with Crippen molar-refractivity contribution in [2.45, 2.75) is 33.2 Å². The highest BCUT2D eigenvalue weighted by Gasteiger charge is 2.27. The molecule has 0 spiro atoms. The van der Waals surface area contributed by atoms with Crippen LogP contribution in [0.4, 0.5) is 4.79 Å². The number of hydrogen-bond donors (Lipinski definition) is 3. The number of thiophene rings is 1. The van der Waals surface area contributed by atoms with Crippen LogP contribution in [0.1, 0.15) is 38.1 Å². The molecular formula is C13H20N2O3S. The monoisotopic (exact) mass is 284 g/mol. The van der Waals surface area contributed by atoms with Crippen LogP contribution in [0.15, 0.2) is 17.5 Å². The third kappa shape index (κ3) is 4.55. The summed E-state index contributed by atoms with van der Waals surface area (Å²) < 4.78 is 0. The van der Waals surface area contributed by atoms with Crippen molar-refractivity contribution in [3.05, 3.63) is 22.4 Å². The number of hydrogen-bond acceptors (Lipinski definition) is 3. The molecule has 1 aromatic rings. The van der Waals surface area contributed by atoms with Gasteiger partial charge in [-0.1, -0.05) is 13.0 Å². The Labute approximate surface area is 117 Å². The van der Waals surface area contributed by atoms with Crippen LogP contribution in [0.2, 0.25) is 0 Å². The van der Waals surface area contributed by atoms with E-state index in [1.807, 2.05) is 24.4 Å². The number of carbonyl (C=O) groups excluding carboxylic acids is 1. The lowest BCUT2D eigenvalue weighted by Gasteiger charge is -2.21. The average Bonchev–Trinajstić information content (AvgIpc) is 2.87. The first kappa shape index (κ1) is 15.5. The molecule has 0 bridgehead atoms. The van der Waals surface area contributed by atoms with E-state index in [9.17, 15) is 9.59 Å². The summed E-state index contributed by atoms with van der Waals surface area (Å²) in [6.07, 6.45) is 0.788. The second kappa shape index (κ2) is 6.56. The van der Waals surface area contributed by atoms with Gasteiger partial charge in [-0.05, 0) is 31.7 Å². The fourth-order valence-electron chi connectivity index (χ4n) is 1.45. The van der Waals surface area contributed by atoms with Gasteiger partial charge in [0.1, 0.15) is 0 Å². The molecule has 0 fully saturated rings. The number of carbonyl (C=O) groups is 2. The zero-order chi connectivity index (χ0) is 14.5. The minimum absolute atomic E-state index is 0.0343. The van der Waals surface area contributed by atoms with Gasteiger partial charge in [0.25, 0.3) is 0 Å². The molecule has 0 radical (unpaired) electrons. The summed E-state index contributed by atoms with van der Waals surface area (Å²) in [6, 6.07) is 3.54. The van der Waals surface area contributed by atoms with E-state index in [1.54, 1.807) is 25.2 Å². The van der Waals surface area contributed by atoms with Crippen molar-refractivity contribution < 1.29 is 14.7 Å². The van der Waals surface area contributed by atoms with Crippen molar-refractivity contribution in [1.29, 1.82) is 0 Å². The summed E-state index contributed by atoms with van der Waals surface area (Å²) in [7, 11) is 0. The highest BCUT2D eigenvalue weighted by Crippen LogP contribution is 2.21. The maximum atomic E-state index is 11.8. The smallest absolute Gasteiger partial charge is 0.315 e. The molecular weight excluding hydrogens is 264 g/mol. The van der Waals surface area contributed by atoms with Gasteiger partial charge in [0, 0.05) is 11.4 Å². The largest absolute Gasteiger partial charge is 0.481 e. The van der Waals surface area contributed by atoms with E-state index in [1.165, 1.54) is 0 Å². The molecule has 106 valence electrons. The Morgan fingerprint density at radius 1 is 1.47 bits per heavy atom. The van der Waals surface area contributed by atoms with Gasteiger partial charge in [-0.3, -0.25) is 4.79 Å². The van der Waals surface area contributed by atoms with Gasteiger partial charge in [-0.15, -0.1) is 11.3 Å². The number of carboxylic acids is 1.